The van der Waals surface area contributed by atoms with Crippen molar-refractivity contribution >= 4 is 39.2 Å². The van der Waals surface area contributed by atoms with Gasteiger partial charge in [-0.25, -0.2) is 10.2 Å². The van der Waals surface area contributed by atoms with E-state index in [1.165, 1.54) is 16.9 Å². The zero-order chi connectivity index (χ0) is 18.4. The van der Waals surface area contributed by atoms with Crippen LogP contribution in [0.2, 0.25) is 0 Å². The first-order chi connectivity index (χ1) is 11.8. The van der Waals surface area contributed by atoms with E-state index >= 15 is 0 Å². The number of rotatable bonds is 4. The van der Waals surface area contributed by atoms with Crippen LogP contribution < -0.4 is 16.2 Å². The number of hydrogen-bond donors (Lipinski definition) is 3. The average molecular weight is 424 g/mol. The van der Waals surface area contributed by atoms with E-state index in [4.69, 9.17) is 0 Å². The summed E-state index contributed by atoms with van der Waals surface area (Å²) in [4.78, 5) is 24.0. The van der Waals surface area contributed by atoms with Crippen LogP contribution in [-0.4, -0.2) is 18.5 Å². The van der Waals surface area contributed by atoms with Crippen molar-refractivity contribution in [3.8, 4) is 0 Å². The van der Waals surface area contributed by atoms with Crippen molar-refractivity contribution in [2.45, 2.75) is 32.6 Å². The van der Waals surface area contributed by atoms with Crippen molar-refractivity contribution in [3.05, 3.63) is 56.2 Å². The first-order valence-corrected chi connectivity index (χ1v) is 9.55. The van der Waals surface area contributed by atoms with E-state index in [0.29, 0.717) is 11.4 Å². The Morgan fingerprint density at radius 1 is 1.04 bits per heavy atom. The number of benzene rings is 1. The molecule has 0 radical (unpaired) electrons. The number of halogens is 1. The van der Waals surface area contributed by atoms with Crippen molar-refractivity contribution < 1.29 is 9.59 Å². The van der Waals surface area contributed by atoms with Crippen LogP contribution in [-0.2, 0) is 11.8 Å². The number of hydrogen-bond acceptors (Lipinski definition) is 3. The molecule has 1 heterocycles. The molecule has 7 heteroatoms. The van der Waals surface area contributed by atoms with E-state index in [2.05, 4.69) is 77.1 Å². The molecule has 0 unspecified atom stereocenters. The van der Waals surface area contributed by atoms with E-state index in [1.54, 1.807) is 12.1 Å². The summed E-state index contributed by atoms with van der Waals surface area (Å²) in [5.74, 6) is -0.344. The maximum Gasteiger partial charge on any atom is 0.333 e. The molecule has 2 rings (SSSR count). The van der Waals surface area contributed by atoms with Crippen molar-refractivity contribution in [2.75, 3.05) is 6.54 Å². The number of urea groups is 1. The van der Waals surface area contributed by atoms with Crippen LogP contribution in [0.3, 0.4) is 0 Å². The summed E-state index contributed by atoms with van der Waals surface area (Å²) in [6, 6.07) is 11.4. The fourth-order valence-corrected chi connectivity index (χ4v) is 3.43. The van der Waals surface area contributed by atoms with Gasteiger partial charge in [0.15, 0.2) is 0 Å². The predicted octanol–water partition coefficient (Wildman–Crippen LogP) is 3.99. The lowest BCUT2D eigenvalue weighted by Crippen LogP contribution is -2.47. The van der Waals surface area contributed by atoms with Gasteiger partial charge in [0.1, 0.15) is 0 Å². The molecule has 0 saturated heterocycles. The van der Waals surface area contributed by atoms with Crippen molar-refractivity contribution in [3.63, 3.8) is 0 Å². The molecule has 1 aromatic heterocycles. The average Bonchev–Trinajstić information content (AvgIpc) is 2.99. The van der Waals surface area contributed by atoms with E-state index in [9.17, 15) is 9.59 Å². The molecule has 0 spiro atoms. The first kappa shape index (κ1) is 19.5. The molecule has 0 bridgehead atoms. The highest BCUT2D eigenvalue weighted by Crippen LogP contribution is 2.22. The van der Waals surface area contributed by atoms with Crippen LogP contribution in [0.1, 0.15) is 41.6 Å². The molecular weight excluding hydrogens is 402 g/mol. The van der Waals surface area contributed by atoms with E-state index in [1.807, 2.05) is 0 Å². The Hall–Kier alpha value is -1.86. The Bertz CT molecular complexity index is 736. The number of nitrogens with one attached hydrogen (secondary N) is 3. The zero-order valence-corrected chi connectivity index (χ0v) is 16.9. The molecule has 25 heavy (non-hydrogen) atoms. The minimum Gasteiger partial charge on any atom is -0.336 e. The lowest BCUT2D eigenvalue weighted by molar-refractivity contribution is 0.0940. The van der Waals surface area contributed by atoms with Gasteiger partial charge in [0.2, 0.25) is 0 Å². The molecule has 134 valence electrons. The molecule has 0 atom stereocenters. The highest BCUT2D eigenvalue weighted by Gasteiger charge is 2.13. The van der Waals surface area contributed by atoms with Gasteiger partial charge in [-0.15, -0.1) is 11.3 Å². The second-order valence-electron chi connectivity index (χ2n) is 6.64. The zero-order valence-electron chi connectivity index (χ0n) is 14.5. The fourth-order valence-electron chi connectivity index (χ4n) is 2.15. The van der Waals surface area contributed by atoms with E-state index < -0.39 is 6.03 Å². The van der Waals surface area contributed by atoms with Gasteiger partial charge in [-0.05, 0) is 51.0 Å². The summed E-state index contributed by atoms with van der Waals surface area (Å²) in [5, 5.41) is 2.72. The highest BCUT2D eigenvalue weighted by molar-refractivity contribution is 9.11. The third-order valence-corrected chi connectivity index (χ3v) is 5.23. The third kappa shape index (κ3) is 6.17. The molecule has 3 N–H and O–H groups in total. The van der Waals surface area contributed by atoms with Gasteiger partial charge in [0, 0.05) is 6.54 Å². The molecule has 0 fully saturated rings. The van der Waals surface area contributed by atoms with Crippen LogP contribution in [0.5, 0.6) is 0 Å². The van der Waals surface area contributed by atoms with Gasteiger partial charge in [-0.2, -0.15) is 0 Å². The number of carbonyl (C=O) groups excluding carboxylic acids is 2. The summed E-state index contributed by atoms with van der Waals surface area (Å²) in [5.41, 5.74) is 7.29. The molecule has 1 aromatic carbocycles. The quantitative estimate of drug-likeness (QED) is 0.650. The predicted molar refractivity (Wildman–Crippen MR) is 105 cm³/mol. The lowest BCUT2D eigenvalue weighted by Gasteiger charge is -2.19. The summed E-state index contributed by atoms with van der Waals surface area (Å²) in [6.45, 7) is 7.02. The summed E-state index contributed by atoms with van der Waals surface area (Å²) >= 11 is 4.59. The van der Waals surface area contributed by atoms with Gasteiger partial charge in [-0.1, -0.05) is 45.0 Å². The second kappa shape index (κ2) is 8.49. The maximum atomic E-state index is 11.8. The molecule has 0 saturated carbocycles. The summed E-state index contributed by atoms with van der Waals surface area (Å²) < 4.78 is 0.861. The highest BCUT2D eigenvalue weighted by atomic mass is 79.9. The molecular formula is C18H22BrN3O2S. The smallest absolute Gasteiger partial charge is 0.333 e. The third-order valence-electron chi connectivity index (χ3n) is 3.61. The van der Waals surface area contributed by atoms with Crippen LogP contribution in [0.4, 0.5) is 4.79 Å². The minimum absolute atomic E-state index is 0.132. The van der Waals surface area contributed by atoms with Crippen molar-refractivity contribution in [2.24, 2.45) is 0 Å². The number of amides is 3. The van der Waals surface area contributed by atoms with Gasteiger partial charge in [0.25, 0.3) is 5.91 Å². The van der Waals surface area contributed by atoms with Crippen molar-refractivity contribution in [1.82, 2.24) is 16.2 Å². The van der Waals surface area contributed by atoms with Crippen molar-refractivity contribution in [1.29, 1.82) is 0 Å². The van der Waals surface area contributed by atoms with Gasteiger partial charge in [-0.3, -0.25) is 10.2 Å². The SMILES string of the molecule is CC(C)(C)c1ccc(CCNC(=O)NNC(=O)c2ccc(Br)s2)cc1. The van der Waals surface area contributed by atoms with E-state index in [-0.39, 0.29) is 11.3 Å². The first-order valence-electron chi connectivity index (χ1n) is 7.94. The van der Waals surface area contributed by atoms with Gasteiger partial charge >= 0.3 is 6.03 Å². The minimum atomic E-state index is -0.435. The Labute approximate surface area is 160 Å². The van der Waals surface area contributed by atoms with Gasteiger partial charge in [0.05, 0.1) is 8.66 Å². The number of carbonyl (C=O) groups is 2. The summed E-state index contributed by atoms with van der Waals surface area (Å²) in [7, 11) is 0. The largest absolute Gasteiger partial charge is 0.336 e. The van der Waals surface area contributed by atoms with Gasteiger partial charge < -0.3 is 5.32 Å². The Morgan fingerprint density at radius 3 is 2.28 bits per heavy atom. The monoisotopic (exact) mass is 423 g/mol. The molecule has 0 aliphatic carbocycles. The maximum absolute atomic E-state index is 11.8. The Kier molecular flexibility index (Phi) is 6.61. The summed E-state index contributed by atoms with van der Waals surface area (Å²) in [6.07, 6.45) is 0.726. The lowest BCUT2D eigenvalue weighted by atomic mass is 9.86. The Balaban J connectivity index is 1.71. The Morgan fingerprint density at radius 2 is 1.72 bits per heavy atom. The second-order valence-corrected chi connectivity index (χ2v) is 9.10. The fraction of sp³-hybridized carbons (Fsp3) is 0.333. The van der Waals surface area contributed by atoms with Crippen LogP contribution >= 0.6 is 27.3 Å². The molecule has 5 nitrogen and oxygen atoms in total. The number of thiophene rings is 1. The molecule has 0 aliphatic heterocycles. The molecule has 2 aromatic rings. The van der Waals surface area contributed by atoms with Crippen LogP contribution in [0.25, 0.3) is 0 Å². The normalized spacial score (nSPS) is 11.0. The van der Waals surface area contributed by atoms with Crippen LogP contribution in [0.15, 0.2) is 40.2 Å². The molecule has 0 aliphatic rings. The topological polar surface area (TPSA) is 70.2 Å². The number of hydrazine groups is 1. The van der Waals surface area contributed by atoms with E-state index in [0.717, 1.165) is 15.8 Å². The standard InChI is InChI=1S/C18H22BrN3O2S/c1-18(2,3)13-6-4-12(5-7-13)10-11-20-17(24)22-21-16(23)14-8-9-15(19)25-14/h4-9H,10-11H2,1-3H3,(H,21,23)(H2,20,22,24). The molecule has 3 amide bonds. The van der Waals surface area contributed by atoms with Crippen LogP contribution in [0, 0.1) is 0 Å².